The molecular weight excluding hydrogens is 689 g/mol. The Bertz CT molecular complexity index is 1490. The summed E-state index contributed by atoms with van der Waals surface area (Å²) in [5.41, 5.74) is 0.799. The molecule has 3 heterocycles. The van der Waals surface area contributed by atoms with E-state index in [4.69, 9.17) is 13.9 Å². The zero-order valence-electron chi connectivity index (χ0n) is 25.6. The summed E-state index contributed by atoms with van der Waals surface area (Å²) in [6.07, 6.45) is 7.51. The molecule has 0 saturated carbocycles. The lowest BCUT2D eigenvalue weighted by atomic mass is 10.2. The van der Waals surface area contributed by atoms with Gasteiger partial charge >= 0.3 is 0 Å². The van der Waals surface area contributed by atoms with Crippen LogP contribution in [0.3, 0.4) is 0 Å². The average Bonchev–Trinajstić information content (AvgIpc) is 3.56. The molecule has 1 aliphatic heterocycles. The Kier molecular flexibility index (Phi) is 10.3. The zero-order chi connectivity index (χ0) is 30.6. The molecule has 2 aromatic heterocycles. The molecule has 0 aliphatic carbocycles. The molecule has 11 heteroatoms. The molecule has 1 aliphatic rings. The molecule has 0 N–H and O–H groups in total. The van der Waals surface area contributed by atoms with Crippen LogP contribution >= 0.6 is 34.4 Å². The van der Waals surface area contributed by atoms with Gasteiger partial charge in [-0.05, 0) is 44.3 Å². The molecule has 8 nitrogen and oxygen atoms in total. The van der Waals surface area contributed by atoms with Crippen LogP contribution in [-0.4, -0.2) is 79.2 Å². The number of ether oxygens (including phenoxy) is 2. The van der Waals surface area contributed by atoms with Gasteiger partial charge in [0.05, 0.1) is 30.4 Å². The van der Waals surface area contributed by atoms with Crippen molar-refractivity contribution in [2.45, 2.75) is 50.7 Å². The van der Waals surface area contributed by atoms with Crippen molar-refractivity contribution < 1.29 is 13.9 Å². The average molecular weight is 730 g/mol. The number of aliphatic imine (C=N–C) groups is 1. The quantitative estimate of drug-likeness (QED) is 0.0633. The number of benzene rings is 2. The third-order valence-electron chi connectivity index (χ3n) is 7.73. The molecule has 0 bridgehead atoms. The highest BCUT2D eigenvalue weighted by Crippen LogP contribution is 2.40. The summed E-state index contributed by atoms with van der Waals surface area (Å²) < 4.78 is 23.6. The Hall–Kier alpha value is -2.29. The minimum absolute atomic E-state index is 0.126. The maximum Gasteiger partial charge on any atom is 0.261 e. The van der Waals surface area contributed by atoms with Crippen molar-refractivity contribution in [3.63, 3.8) is 0 Å². The highest BCUT2D eigenvalue weighted by Gasteiger charge is 2.51. The van der Waals surface area contributed by atoms with Crippen LogP contribution in [0.1, 0.15) is 33.4 Å². The summed E-state index contributed by atoms with van der Waals surface area (Å²) in [4.78, 5) is 15.6. The van der Waals surface area contributed by atoms with E-state index in [0.717, 1.165) is 14.6 Å². The SMILES string of the molecule is CSCO[C@@H]1C[C@H](n2cc(I)c3c(N=CN(C)C)ncnc32)O[C@@H]1CO[Si](c1ccccc1)(c1ccccc1)C(C)(C)C. The topological polar surface area (TPSA) is 74.0 Å². The largest absolute Gasteiger partial charge is 0.405 e. The smallest absolute Gasteiger partial charge is 0.261 e. The zero-order valence-corrected chi connectivity index (χ0v) is 29.6. The van der Waals surface area contributed by atoms with Gasteiger partial charge in [-0.2, -0.15) is 0 Å². The first-order valence-electron chi connectivity index (χ1n) is 14.4. The van der Waals surface area contributed by atoms with Crippen LogP contribution < -0.4 is 10.4 Å². The van der Waals surface area contributed by atoms with Crippen molar-refractivity contribution in [2.24, 2.45) is 4.99 Å². The van der Waals surface area contributed by atoms with Crippen molar-refractivity contribution in [1.82, 2.24) is 19.4 Å². The number of nitrogens with zero attached hydrogens (tertiary/aromatic N) is 5. The summed E-state index contributed by atoms with van der Waals surface area (Å²) in [6.45, 7) is 7.31. The molecule has 2 aromatic carbocycles. The number of hydrogen-bond donors (Lipinski definition) is 0. The maximum absolute atomic E-state index is 7.28. The summed E-state index contributed by atoms with van der Waals surface area (Å²) in [5, 5.41) is 3.28. The van der Waals surface area contributed by atoms with Crippen LogP contribution in [-0.2, 0) is 13.9 Å². The first-order chi connectivity index (χ1) is 20.7. The molecule has 228 valence electrons. The summed E-state index contributed by atoms with van der Waals surface area (Å²) >= 11 is 4.00. The summed E-state index contributed by atoms with van der Waals surface area (Å²) in [7, 11) is 1.14. The van der Waals surface area contributed by atoms with Crippen molar-refractivity contribution in [2.75, 3.05) is 32.9 Å². The molecule has 0 radical (unpaired) electrons. The molecule has 1 fully saturated rings. The molecule has 0 amide bonds. The number of thioether (sulfide) groups is 1. The molecule has 3 atom stereocenters. The van der Waals surface area contributed by atoms with Gasteiger partial charge in [-0.1, -0.05) is 81.4 Å². The van der Waals surface area contributed by atoms with Gasteiger partial charge in [0.15, 0.2) is 5.82 Å². The number of hydrogen-bond acceptors (Lipinski definition) is 7. The Morgan fingerprint density at radius 2 is 1.74 bits per heavy atom. The fourth-order valence-corrected chi connectivity index (χ4v) is 11.5. The molecule has 4 aromatic rings. The molecule has 5 rings (SSSR count). The van der Waals surface area contributed by atoms with Crippen molar-refractivity contribution >= 4 is 76.2 Å². The minimum atomic E-state index is -2.73. The Labute approximate surface area is 273 Å². The lowest BCUT2D eigenvalue weighted by Crippen LogP contribution is -2.67. The van der Waals surface area contributed by atoms with Crippen LogP contribution in [0.15, 0.2) is 78.2 Å². The van der Waals surface area contributed by atoms with Gasteiger partial charge in [0.25, 0.3) is 8.32 Å². The fourth-order valence-electron chi connectivity index (χ4n) is 5.83. The van der Waals surface area contributed by atoms with Gasteiger partial charge in [-0.3, -0.25) is 0 Å². The Morgan fingerprint density at radius 3 is 2.33 bits per heavy atom. The Balaban J connectivity index is 1.49. The number of rotatable bonds is 11. The van der Waals surface area contributed by atoms with Crippen LogP contribution in [0.5, 0.6) is 0 Å². The van der Waals surface area contributed by atoms with E-state index >= 15 is 0 Å². The van der Waals surface area contributed by atoms with E-state index in [9.17, 15) is 0 Å². The van der Waals surface area contributed by atoms with Gasteiger partial charge < -0.3 is 23.4 Å². The third kappa shape index (κ3) is 6.71. The minimum Gasteiger partial charge on any atom is -0.405 e. The molecular formula is C32H40IN5O3SSi. The van der Waals surface area contributed by atoms with Gasteiger partial charge in [0.1, 0.15) is 24.3 Å². The normalized spacial score (nSPS) is 19.5. The van der Waals surface area contributed by atoms with E-state index < -0.39 is 8.32 Å². The lowest BCUT2D eigenvalue weighted by Gasteiger charge is -2.43. The monoisotopic (exact) mass is 729 g/mol. The van der Waals surface area contributed by atoms with E-state index in [1.807, 2.05) is 19.0 Å². The predicted octanol–water partition coefficient (Wildman–Crippen LogP) is 5.83. The van der Waals surface area contributed by atoms with Gasteiger partial charge in [-0.25, -0.2) is 15.0 Å². The van der Waals surface area contributed by atoms with E-state index in [1.54, 1.807) is 24.4 Å². The van der Waals surface area contributed by atoms with Crippen LogP contribution in [0.25, 0.3) is 11.0 Å². The second-order valence-electron chi connectivity index (χ2n) is 11.9. The van der Waals surface area contributed by atoms with E-state index in [1.165, 1.54) is 10.4 Å². The number of halogens is 1. The van der Waals surface area contributed by atoms with Crippen molar-refractivity contribution in [3.8, 4) is 0 Å². The van der Waals surface area contributed by atoms with Gasteiger partial charge in [0, 0.05) is 30.3 Å². The van der Waals surface area contributed by atoms with Crippen molar-refractivity contribution in [1.29, 1.82) is 0 Å². The van der Waals surface area contributed by atoms with Crippen molar-refractivity contribution in [3.05, 3.63) is 76.8 Å². The van der Waals surface area contributed by atoms with Gasteiger partial charge in [0.2, 0.25) is 0 Å². The first-order valence-corrected chi connectivity index (χ1v) is 18.8. The summed E-state index contributed by atoms with van der Waals surface area (Å²) in [6, 6.07) is 21.4. The highest BCUT2D eigenvalue weighted by atomic mass is 127. The fraction of sp³-hybridized carbons (Fsp3) is 0.406. The molecule has 0 spiro atoms. The maximum atomic E-state index is 7.28. The van der Waals surface area contributed by atoms with Gasteiger partial charge in [-0.15, -0.1) is 11.8 Å². The standard InChI is InChI=1S/C32H40IN5O3SSi/c1-32(2,3)43(23-13-9-7-10-14-23,24-15-11-8-12-16-24)40-19-27-26(39-22-42-6)17-28(41-27)38-18-25(33)29-30(36-21-37(4)5)34-20-35-31(29)38/h7-16,18,20-21,26-28H,17,19,22H2,1-6H3/t26-,27-,28-/m1/s1. The third-order valence-corrected chi connectivity index (χ3v) is 13.9. The van der Waals surface area contributed by atoms with Crippen LogP contribution in [0.2, 0.25) is 5.04 Å². The molecule has 1 saturated heterocycles. The van der Waals surface area contributed by atoms with E-state index in [-0.39, 0.29) is 23.5 Å². The molecule has 0 unspecified atom stereocenters. The predicted molar refractivity (Wildman–Crippen MR) is 187 cm³/mol. The first kappa shape index (κ1) is 32.1. The Morgan fingerprint density at radius 1 is 1.09 bits per heavy atom. The lowest BCUT2D eigenvalue weighted by molar-refractivity contribution is -0.0500. The second-order valence-corrected chi connectivity index (χ2v) is 18.2. The van der Waals surface area contributed by atoms with E-state index in [0.29, 0.717) is 24.8 Å². The number of aromatic nitrogens is 3. The number of fused-ring (bicyclic) bond motifs is 1. The highest BCUT2D eigenvalue weighted by molar-refractivity contribution is 14.1. The van der Waals surface area contributed by atoms with Crippen LogP contribution in [0, 0.1) is 3.57 Å². The molecule has 43 heavy (non-hydrogen) atoms. The second kappa shape index (κ2) is 13.8. The summed E-state index contributed by atoms with van der Waals surface area (Å²) in [5.74, 6) is 1.23. The van der Waals surface area contributed by atoms with E-state index in [2.05, 4.69) is 136 Å². The van der Waals surface area contributed by atoms with Crippen LogP contribution in [0.4, 0.5) is 5.82 Å².